The number of aryl methyl sites for hydroxylation is 2. The lowest BCUT2D eigenvalue weighted by molar-refractivity contribution is 0.597. The van der Waals surface area contributed by atoms with Crippen molar-refractivity contribution < 1.29 is 12.8 Å². The Bertz CT molecular complexity index is 748. The molecule has 0 aliphatic carbocycles. The van der Waals surface area contributed by atoms with Gasteiger partial charge in [-0.05, 0) is 25.5 Å². The molecule has 0 fully saturated rings. The summed E-state index contributed by atoms with van der Waals surface area (Å²) in [6.07, 6.45) is 0. The molecule has 0 aliphatic rings. The van der Waals surface area contributed by atoms with Crippen LogP contribution in [0.2, 0.25) is 0 Å². The second kappa shape index (κ2) is 4.78. The molecule has 20 heavy (non-hydrogen) atoms. The molecule has 0 bridgehead atoms. The third kappa shape index (κ3) is 2.34. The van der Waals surface area contributed by atoms with Crippen LogP contribution in [0.4, 0.5) is 15.9 Å². The van der Waals surface area contributed by atoms with Crippen LogP contribution in [0.5, 0.6) is 0 Å². The zero-order valence-electron chi connectivity index (χ0n) is 11.3. The maximum Gasteiger partial charge on any atom is 0.267 e. The normalized spacial score (nSPS) is 11.6. The van der Waals surface area contributed by atoms with E-state index >= 15 is 0 Å². The maximum absolute atomic E-state index is 13.7. The van der Waals surface area contributed by atoms with Crippen LogP contribution in [-0.4, -0.2) is 18.2 Å². The van der Waals surface area contributed by atoms with Crippen molar-refractivity contribution >= 4 is 21.5 Å². The van der Waals surface area contributed by atoms with Gasteiger partial charge in [0, 0.05) is 7.05 Å². The number of hydrogen-bond donors (Lipinski definition) is 2. The number of benzene rings is 1. The molecule has 0 amide bonds. The van der Waals surface area contributed by atoms with Crippen molar-refractivity contribution in [3.05, 3.63) is 35.3 Å². The number of rotatable bonds is 3. The monoisotopic (exact) mass is 298 g/mol. The van der Waals surface area contributed by atoms with Crippen LogP contribution in [0.15, 0.2) is 23.1 Å². The summed E-state index contributed by atoms with van der Waals surface area (Å²) in [7, 11) is -2.41. The molecule has 3 N–H and O–H groups in total. The van der Waals surface area contributed by atoms with Crippen molar-refractivity contribution in [2.45, 2.75) is 18.7 Å². The molecule has 0 aliphatic heterocycles. The van der Waals surface area contributed by atoms with Gasteiger partial charge < -0.3 is 5.73 Å². The standard InChI is InChI=1S/C12H15FN4O2S/c1-7-5-4-6-9(13)10(7)16-20(18,19)11-8(2)17(3)15-12(11)14/h4-6,16H,1-3H3,(H2,14,15). The van der Waals surface area contributed by atoms with Gasteiger partial charge in [-0.25, -0.2) is 12.8 Å². The summed E-state index contributed by atoms with van der Waals surface area (Å²) in [5.74, 6) is -0.764. The van der Waals surface area contributed by atoms with E-state index in [2.05, 4.69) is 9.82 Å². The maximum atomic E-state index is 13.7. The third-order valence-corrected chi connectivity index (χ3v) is 4.55. The van der Waals surface area contributed by atoms with Crippen LogP contribution in [0, 0.1) is 19.7 Å². The van der Waals surface area contributed by atoms with Crippen molar-refractivity contribution in [1.29, 1.82) is 0 Å². The van der Waals surface area contributed by atoms with Crippen molar-refractivity contribution in [3.63, 3.8) is 0 Å². The number of para-hydroxylation sites is 1. The number of nitrogens with zero attached hydrogens (tertiary/aromatic N) is 2. The number of anilines is 2. The molecule has 0 unspecified atom stereocenters. The van der Waals surface area contributed by atoms with E-state index in [1.807, 2.05) is 0 Å². The fourth-order valence-electron chi connectivity index (χ4n) is 1.89. The molecule has 8 heteroatoms. The molecule has 2 rings (SSSR count). The number of nitrogens with one attached hydrogen (secondary N) is 1. The van der Waals surface area contributed by atoms with Gasteiger partial charge in [-0.2, -0.15) is 5.10 Å². The van der Waals surface area contributed by atoms with E-state index in [1.165, 1.54) is 16.8 Å². The predicted octanol–water partition coefficient (Wildman–Crippen LogP) is 1.56. The molecule has 2 aromatic rings. The molecule has 0 atom stereocenters. The van der Waals surface area contributed by atoms with Gasteiger partial charge >= 0.3 is 0 Å². The third-order valence-electron chi connectivity index (χ3n) is 3.03. The summed E-state index contributed by atoms with van der Waals surface area (Å²) in [5.41, 5.74) is 6.38. The highest BCUT2D eigenvalue weighted by Crippen LogP contribution is 2.27. The average molecular weight is 298 g/mol. The smallest absolute Gasteiger partial charge is 0.267 e. The highest BCUT2D eigenvalue weighted by molar-refractivity contribution is 7.93. The lowest BCUT2D eigenvalue weighted by atomic mass is 10.2. The first-order valence-electron chi connectivity index (χ1n) is 5.81. The lowest BCUT2D eigenvalue weighted by Crippen LogP contribution is -2.17. The topological polar surface area (TPSA) is 90.0 Å². The second-order valence-corrected chi connectivity index (χ2v) is 6.08. The van der Waals surface area contributed by atoms with Gasteiger partial charge in [-0.3, -0.25) is 9.40 Å². The molecular formula is C12H15FN4O2S. The number of nitrogen functional groups attached to an aromatic ring is 1. The molecule has 0 saturated carbocycles. The first-order valence-corrected chi connectivity index (χ1v) is 7.29. The Morgan fingerprint density at radius 3 is 2.50 bits per heavy atom. The van der Waals surface area contributed by atoms with Crippen LogP contribution >= 0.6 is 0 Å². The zero-order valence-corrected chi connectivity index (χ0v) is 12.1. The molecule has 0 spiro atoms. The molecule has 6 nitrogen and oxygen atoms in total. The lowest BCUT2D eigenvalue weighted by Gasteiger charge is -2.11. The van der Waals surface area contributed by atoms with E-state index in [0.717, 1.165) is 0 Å². The molecule has 0 saturated heterocycles. The van der Waals surface area contributed by atoms with Crippen LogP contribution in [0.1, 0.15) is 11.3 Å². The second-order valence-electron chi connectivity index (χ2n) is 4.46. The number of nitrogens with two attached hydrogens (primary N) is 1. The van der Waals surface area contributed by atoms with E-state index in [9.17, 15) is 12.8 Å². The fourth-order valence-corrected chi connectivity index (χ4v) is 3.36. The van der Waals surface area contributed by atoms with Gasteiger partial charge in [0.2, 0.25) is 0 Å². The number of aromatic nitrogens is 2. The Labute approximate surface area is 116 Å². The number of sulfonamides is 1. The quantitative estimate of drug-likeness (QED) is 0.899. The summed E-state index contributed by atoms with van der Waals surface area (Å²) < 4.78 is 42.0. The SMILES string of the molecule is Cc1cccc(F)c1NS(=O)(=O)c1c(N)nn(C)c1C. The summed E-state index contributed by atoms with van der Waals surface area (Å²) in [5, 5.41) is 3.84. The van der Waals surface area contributed by atoms with Crippen LogP contribution in [0.25, 0.3) is 0 Å². The van der Waals surface area contributed by atoms with E-state index in [0.29, 0.717) is 11.3 Å². The summed E-state index contributed by atoms with van der Waals surface area (Å²) in [4.78, 5) is -0.136. The van der Waals surface area contributed by atoms with E-state index in [1.54, 1.807) is 27.0 Å². The zero-order chi connectivity index (χ0) is 15.1. The number of halogens is 1. The van der Waals surface area contributed by atoms with Crippen molar-refractivity contribution in [2.24, 2.45) is 7.05 Å². The summed E-state index contributed by atoms with van der Waals surface area (Å²) in [6, 6.07) is 4.30. The van der Waals surface area contributed by atoms with E-state index < -0.39 is 15.8 Å². The Hall–Kier alpha value is -2.09. The van der Waals surface area contributed by atoms with Gasteiger partial charge in [0.15, 0.2) is 10.7 Å². The van der Waals surface area contributed by atoms with Gasteiger partial charge in [0.25, 0.3) is 10.0 Å². The van der Waals surface area contributed by atoms with Gasteiger partial charge in [0.05, 0.1) is 11.4 Å². The van der Waals surface area contributed by atoms with E-state index in [-0.39, 0.29) is 16.4 Å². The predicted molar refractivity (Wildman–Crippen MR) is 74.3 cm³/mol. The first-order chi connectivity index (χ1) is 9.24. The average Bonchev–Trinajstić information content (AvgIpc) is 2.59. The summed E-state index contributed by atoms with van der Waals surface area (Å²) in [6.45, 7) is 3.19. The molecule has 1 aromatic heterocycles. The van der Waals surface area contributed by atoms with Gasteiger partial charge in [-0.15, -0.1) is 0 Å². The molecule has 108 valence electrons. The molecule has 1 aromatic carbocycles. The van der Waals surface area contributed by atoms with Gasteiger partial charge in [-0.1, -0.05) is 12.1 Å². The highest BCUT2D eigenvalue weighted by atomic mass is 32.2. The van der Waals surface area contributed by atoms with Crippen molar-refractivity contribution in [2.75, 3.05) is 10.5 Å². The number of hydrogen-bond acceptors (Lipinski definition) is 4. The largest absolute Gasteiger partial charge is 0.381 e. The van der Waals surface area contributed by atoms with Gasteiger partial charge in [0.1, 0.15) is 5.82 Å². The molecule has 1 heterocycles. The highest BCUT2D eigenvalue weighted by Gasteiger charge is 2.26. The molecule has 0 radical (unpaired) electrons. The fraction of sp³-hybridized carbons (Fsp3) is 0.250. The van der Waals surface area contributed by atoms with Crippen molar-refractivity contribution in [1.82, 2.24) is 9.78 Å². The van der Waals surface area contributed by atoms with E-state index in [4.69, 9.17) is 5.73 Å². The Kier molecular flexibility index (Phi) is 3.43. The molecular weight excluding hydrogens is 283 g/mol. The first kappa shape index (κ1) is 14.3. The summed E-state index contributed by atoms with van der Waals surface area (Å²) >= 11 is 0. The Morgan fingerprint density at radius 1 is 1.35 bits per heavy atom. The Balaban J connectivity index is 2.52. The minimum absolute atomic E-state index is 0.0878. The minimum atomic E-state index is -4.00. The van der Waals surface area contributed by atoms with Crippen LogP contribution < -0.4 is 10.5 Å². The van der Waals surface area contributed by atoms with Crippen LogP contribution in [0.3, 0.4) is 0 Å². The van der Waals surface area contributed by atoms with Crippen LogP contribution in [-0.2, 0) is 17.1 Å². The Morgan fingerprint density at radius 2 is 2.00 bits per heavy atom. The minimum Gasteiger partial charge on any atom is -0.381 e. The van der Waals surface area contributed by atoms with Crippen molar-refractivity contribution in [3.8, 4) is 0 Å².